The summed E-state index contributed by atoms with van der Waals surface area (Å²) in [5, 5.41) is 9.94. The Bertz CT molecular complexity index is 431. The van der Waals surface area contributed by atoms with E-state index in [1.807, 2.05) is 6.07 Å². The molecule has 0 radical (unpaired) electrons. The number of aryl methyl sites for hydroxylation is 1. The molecular weight excluding hydrogens is 253 g/mol. The molecule has 0 amide bonds. The van der Waals surface area contributed by atoms with Crippen molar-refractivity contribution in [2.45, 2.75) is 47.6 Å². The van der Waals surface area contributed by atoms with E-state index in [1.165, 1.54) is 6.07 Å². The Hall–Kier alpha value is -1.09. The Morgan fingerprint density at radius 3 is 1.95 bits per heavy atom. The van der Waals surface area contributed by atoms with E-state index >= 15 is 0 Å². The van der Waals surface area contributed by atoms with E-state index in [0.717, 1.165) is 18.8 Å². The Morgan fingerprint density at radius 2 is 1.55 bits per heavy atom. The van der Waals surface area contributed by atoms with Gasteiger partial charge in [-0.3, -0.25) is 0 Å². The van der Waals surface area contributed by atoms with Gasteiger partial charge >= 0.3 is 0 Å². The van der Waals surface area contributed by atoms with Crippen LogP contribution in [0.2, 0.25) is 0 Å². The number of hydrogen-bond acceptors (Lipinski definition) is 2. The summed E-state index contributed by atoms with van der Waals surface area (Å²) in [6.45, 7) is 14.0. The second-order valence-electron chi connectivity index (χ2n) is 6.53. The van der Waals surface area contributed by atoms with Crippen LogP contribution in [0, 0.1) is 24.6 Å². The monoisotopic (exact) mass is 281 g/mol. The number of aliphatic hydroxyl groups is 1. The zero-order valence-electron chi connectivity index (χ0n) is 13.6. The van der Waals surface area contributed by atoms with Gasteiger partial charge in [0.25, 0.3) is 0 Å². The largest absolute Gasteiger partial charge is 0.389 e. The first-order valence-electron chi connectivity index (χ1n) is 7.45. The SMILES string of the molecule is Cc1cc(N(CC(C)C)CC(C)C)c([C@@H](C)O)cc1F. The molecule has 0 saturated carbocycles. The first-order valence-corrected chi connectivity index (χ1v) is 7.45. The van der Waals surface area contributed by atoms with Gasteiger partial charge < -0.3 is 10.0 Å². The second-order valence-corrected chi connectivity index (χ2v) is 6.53. The van der Waals surface area contributed by atoms with Gasteiger partial charge in [-0.15, -0.1) is 0 Å². The van der Waals surface area contributed by atoms with Crippen molar-refractivity contribution in [3.63, 3.8) is 0 Å². The van der Waals surface area contributed by atoms with Crippen LogP contribution >= 0.6 is 0 Å². The predicted octanol–water partition coefficient (Wildman–Crippen LogP) is 4.31. The molecule has 0 aliphatic rings. The van der Waals surface area contributed by atoms with Crippen molar-refractivity contribution in [1.82, 2.24) is 0 Å². The fourth-order valence-electron chi connectivity index (χ4n) is 2.44. The summed E-state index contributed by atoms with van der Waals surface area (Å²) in [7, 11) is 0. The molecule has 0 unspecified atom stereocenters. The normalized spacial score (nSPS) is 13.1. The van der Waals surface area contributed by atoms with Crippen LogP contribution in [0.4, 0.5) is 10.1 Å². The number of halogens is 1. The molecule has 0 aromatic heterocycles. The van der Waals surface area contributed by atoms with E-state index in [-0.39, 0.29) is 5.82 Å². The van der Waals surface area contributed by atoms with E-state index in [9.17, 15) is 9.50 Å². The Morgan fingerprint density at radius 1 is 1.05 bits per heavy atom. The molecule has 2 nitrogen and oxygen atoms in total. The highest BCUT2D eigenvalue weighted by molar-refractivity contribution is 5.57. The lowest BCUT2D eigenvalue weighted by Gasteiger charge is -2.31. The number of hydrogen-bond donors (Lipinski definition) is 1. The summed E-state index contributed by atoms with van der Waals surface area (Å²) in [4.78, 5) is 2.27. The average Bonchev–Trinajstić information content (AvgIpc) is 2.29. The van der Waals surface area contributed by atoms with Crippen LogP contribution in [-0.2, 0) is 0 Å². The summed E-state index contributed by atoms with van der Waals surface area (Å²) < 4.78 is 13.8. The highest BCUT2D eigenvalue weighted by Crippen LogP contribution is 2.30. The Labute approximate surface area is 122 Å². The van der Waals surface area contributed by atoms with Crippen molar-refractivity contribution in [1.29, 1.82) is 0 Å². The van der Waals surface area contributed by atoms with Crippen molar-refractivity contribution in [2.24, 2.45) is 11.8 Å². The average molecular weight is 281 g/mol. The molecule has 1 atom stereocenters. The minimum atomic E-state index is -0.665. The smallest absolute Gasteiger partial charge is 0.126 e. The van der Waals surface area contributed by atoms with E-state index in [2.05, 4.69) is 32.6 Å². The molecule has 0 fully saturated rings. The number of benzene rings is 1. The molecule has 0 spiro atoms. The van der Waals surface area contributed by atoms with Crippen LogP contribution < -0.4 is 4.90 Å². The molecular formula is C17H28FNO. The zero-order valence-corrected chi connectivity index (χ0v) is 13.6. The molecule has 0 bridgehead atoms. The molecule has 0 saturated heterocycles. The van der Waals surface area contributed by atoms with Crippen LogP contribution in [0.15, 0.2) is 12.1 Å². The van der Waals surface area contributed by atoms with Crippen molar-refractivity contribution < 1.29 is 9.50 Å². The Balaban J connectivity index is 3.26. The fourth-order valence-corrected chi connectivity index (χ4v) is 2.44. The molecule has 20 heavy (non-hydrogen) atoms. The van der Waals surface area contributed by atoms with E-state index in [4.69, 9.17) is 0 Å². The number of rotatable bonds is 6. The summed E-state index contributed by atoms with van der Waals surface area (Å²) in [6.07, 6.45) is -0.665. The van der Waals surface area contributed by atoms with Gasteiger partial charge in [0, 0.05) is 24.3 Å². The third-order valence-electron chi connectivity index (χ3n) is 3.27. The summed E-state index contributed by atoms with van der Waals surface area (Å²) in [5.41, 5.74) is 2.26. The van der Waals surface area contributed by atoms with Gasteiger partial charge in [0.2, 0.25) is 0 Å². The van der Waals surface area contributed by atoms with Crippen molar-refractivity contribution in [2.75, 3.05) is 18.0 Å². The lowest BCUT2D eigenvalue weighted by molar-refractivity contribution is 0.199. The van der Waals surface area contributed by atoms with Crippen LogP contribution in [0.1, 0.15) is 51.8 Å². The standard InChI is InChI=1S/C17H28FNO/c1-11(2)9-19(10-12(3)4)17-7-13(5)16(18)8-15(17)14(6)20/h7-8,11-12,14,20H,9-10H2,1-6H3/t14-/m1/s1. The van der Waals surface area contributed by atoms with Gasteiger partial charge in [0.15, 0.2) is 0 Å². The van der Waals surface area contributed by atoms with E-state index in [0.29, 0.717) is 23.0 Å². The maximum absolute atomic E-state index is 13.8. The quantitative estimate of drug-likeness (QED) is 0.840. The molecule has 0 aliphatic heterocycles. The third-order valence-corrected chi connectivity index (χ3v) is 3.27. The van der Waals surface area contributed by atoms with Crippen LogP contribution in [-0.4, -0.2) is 18.2 Å². The fraction of sp³-hybridized carbons (Fsp3) is 0.647. The van der Waals surface area contributed by atoms with E-state index in [1.54, 1.807) is 13.8 Å². The van der Waals surface area contributed by atoms with Gasteiger partial charge in [-0.05, 0) is 43.4 Å². The van der Waals surface area contributed by atoms with Crippen LogP contribution in [0.25, 0.3) is 0 Å². The van der Waals surface area contributed by atoms with Crippen LogP contribution in [0.5, 0.6) is 0 Å². The maximum atomic E-state index is 13.8. The van der Waals surface area contributed by atoms with Gasteiger partial charge in [-0.1, -0.05) is 27.7 Å². The number of aliphatic hydroxyl groups excluding tert-OH is 1. The lowest BCUT2D eigenvalue weighted by atomic mass is 10.0. The van der Waals surface area contributed by atoms with Crippen molar-refractivity contribution in [3.8, 4) is 0 Å². The lowest BCUT2D eigenvalue weighted by Crippen LogP contribution is -2.32. The van der Waals surface area contributed by atoms with Gasteiger partial charge in [-0.25, -0.2) is 4.39 Å². The second kappa shape index (κ2) is 7.07. The number of anilines is 1. The molecule has 0 aliphatic carbocycles. The number of nitrogens with zero attached hydrogens (tertiary/aromatic N) is 1. The predicted molar refractivity (Wildman–Crippen MR) is 83.7 cm³/mol. The van der Waals surface area contributed by atoms with Crippen molar-refractivity contribution >= 4 is 5.69 Å². The van der Waals surface area contributed by atoms with Crippen molar-refractivity contribution in [3.05, 3.63) is 29.1 Å². The summed E-state index contributed by atoms with van der Waals surface area (Å²) in [6, 6.07) is 3.34. The summed E-state index contributed by atoms with van der Waals surface area (Å²) in [5.74, 6) is 0.778. The molecule has 1 aromatic rings. The minimum absolute atomic E-state index is 0.251. The maximum Gasteiger partial charge on any atom is 0.126 e. The molecule has 0 heterocycles. The molecule has 3 heteroatoms. The van der Waals surface area contributed by atoms with Gasteiger partial charge in [0.05, 0.1) is 6.10 Å². The minimum Gasteiger partial charge on any atom is -0.389 e. The zero-order chi connectivity index (χ0) is 15.4. The molecule has 1 N–H and O–H groups in total. The molecule has 1 rings (SSSR count). The summed E-state index contributed by atoms with van der Waals surface area (Å²) >= 11 is 0. The topological polar surface area (TPSA) is 23.5 Å². The van der Waals surface area contributed by atoms with Crippen LogP contribution in [0.3, 0.4) is 0 Å². The third kappa shape index (κ3) is 4.48. The molecule has 114 valence electrons. The highest BCUT2D eigenvalue weighted by atomic mass is 19.1. The van der Waals surface area contributed by atoms with Gasteiger partial charge in [0.1, 0.15) is 5.82 Å². The van der Waals surface area contributed by atoms with Gasteiger partial charge in [-0.2, -0.15) is 0 Å². The molecule has 1 aromatic carbocycles. The first-order chi connectivity index (χ1) is 9.22. The Kier molecular flexibility index (Phi) is 6.00. The first kappa shape index (κ1) is 17.0. The van der Waals surface area contributed by atoms with E-state index < -0.39 is 6.10 Å². The highest BCUT2D eigenvalue weighted by Gasteiger charge is 2.18.